The minimum Gasteiger partial charge on any atom is -0.481 e. The number of carbonyl (C=O) groups excluding carboxylic acids is 1. The normalized spacial score (nSPS) is 21.9. The van der Waals surface area contributed by atoms with Gasteiger partial charge >= 0.3 is 11.9 Å². The van der Waals surface area contributed by atoms with Crippen molar-refractivity contribution >= 4 is 17.8 Å². The smallest absolute Gasteiger partial charge is 0.326 e. The Morgan fingerprint density at radius 2 is 2.00 bits per heavy atom. The lowest BCUT2D eigenvalue weighted by molar-refractivity contribution is -0.149. The van der Waals surface area contributed by atoms with Crippen LogP contribution < -0.4 is 0 Å². The highest BCUT2D eigenvalue weighted by Gasteiger charge is 2.40. The lowest BCUT2D eigenvalue weighted by Crippen LogP contribution is -2.43. The van der Waals surface area contributed by atoms with Crippen molar-refractivity contribution in [3.05, 3.63) is 0 Å². The number of aliphatic carboxylic acids is 2. The average molecular weight is 243 g/mol. The lowest BCUT2D eigenvalue weighted by atomic mass is 10.0. The molecule has 17 heavy (non-hydrogen) atoms. The lowest BCUT2D eigenvalue weighted by Gasteiger charge is -2.25. The summed E-state index contributed by atoms with van der Waals surface area (Å²) >= 11 is 0. The van der Waals surface area contributed by atoms with Crippen LogP contribution in [0.2, 0.25) is 0 Å². The second-order valence-electron chi connectivity index (χ2n) is 4.77. The number of nitrogens with zero attached hydrogens (tertiary/aromatic N) is 1. The Morgan fingerprint density at radius 3 is 2.35 bits per heavy atom. The molecule has 1 aliphatic rings. The topological polar surface area (TPSA) is 94.9 Å². The second-order valence-corrected chi connectivity index (χ2v) is 4.77. The first kappa shape index (κ1) is 13.5. The van der Waals surface area contributed by atoms with Gasteiger partial charge in [0.05, 0.1) is 5.92 Å². The van der Waals surface area contributed by atoms with Crippen molar-refractivity contribution in [1.29, 1.82) is 0 Å². The van der Waals surface area contributed by atoms with Crippen LogP contribution in [0.25, 0.3) is 0 Å². The molecule has 0 bridgehead atoms. The van der Waals surface area contributed by atoms with E-state index >= 15 is 0 Å². The molecule has 0 aromatic carbocycles. The number of rotatable bonds is 5. The fourth-order valence-electron chi connectivity index (χ4n) is 2.01. The third-order valence-electron chi connectivity index (χ3n) is 2.86. The van der Waals surface area contributed by atoms with Gasteiger partial charge in [-0.15, -0.1) is 0 Å². The van der Waals surface area contributed by atoms with Crippen LogP contribution in [0.5, 0.6) is 0 Å². The molecule has 0 spiro atoms. The molecule has 2 unspecified atom stereocenters. The number of hydrogen-bond donors (Lipinski definition) is 2. The zero-order valence-corrected chi connectivity index (χ0v) is 9.92. The largest absolute Gasteiger partial charge is 0.481 e. The molecule has 1 amide bonds. The predicted molar refractivity (Wildman–Crippen MR) is 58.3 cm³/mol. The molecule has 1 rings (SSSR count). The number of carboxylic acids is 2. The molecule has 6 nitrogen and oxygen atoms in total. The standard InChI is InChI=1S/C11H17NO5/c1-6(2)3-8(11(16)17)12-5-7(10(14)15)4-9(12)13/h6-8H,3-5H2,1-2H3,(H,14,15)(H,16,17). The van der Waals surface area contributed by atoms with E-state index in [0.29, 0.717) is 6.42 Å². The van der Waals surface area contributed by atoms with Crippen LogP contribution in [0.3, 0.4) is 0 Å². The van der Waals surface area contributed by atoms with Crippen molar-refractivity contribution in [2.24, 2.45) is 11.8 Å². The summed E-state index contributed by atoms with van der Waals surface area (Å²) in [5.74, 6) is -3.15. The number of likely N-dealkylation sites (tertiary alicyclic amines) is 1. The number of hydrogen-bond acceptors (Lipinski definition) is 3. The van der Waals surface area contributed by atoms with Gasteiger partial charge in [-0.1, -0.05) is 13.8 Å². The van der Waals surface area contributed by atoms with Gasteiger partial charge in [0, 0.05) is 13.0 Å². The molecule has 1 fully saturated rings. The van der Waals surface area contributed by atoms with E-state index in [0.717, 1.165) is 0 Å². The van der Waals surface area contributed by atoms with Crippen molar-refractivity contribution in [1.82, 2.24) is 4.90 Å². The highest BCUT2D eigenvalue weighted by molar-refractivity contribution is 5.89. The fraction of sp³-hybridized carbons (Fsp3) is 0.727. The van der Waals surface area contributed by atoms with E-state index in [1.807, 2.05) is 13.8 Å². The molecule has 0 aromatic heterocycles. The molecule has 1 saturated heterocycles. The van der Waals surface area contributed by atoms with Crippen LogP contribution in [0.15, 0.2) is 0 Å². The van der Waals surface area contributed by atoms with Gasteiger partial charge in [0.25, 0.3) is 0 Å². The minimum absolute atomic E-state index is 0.00213. The highest BCUT2D eigenvalue weighted by atomic mass is 16.4. The van der Waals surface area contributed by atoms with E-state index in [1.165, 1.54) is 4.90 Å². The molecule has 1 heterocycles. The van der Waals surface area contributed by atoms with Gasteiger partial charge in [-0.05, 0) is 12.3 Å². The van der Waals surface area contributed by atoms with Gasteiger partial charge in [-0.2, -0.15) is 0 Å². The maximum absolute atomic E-state index is 11.6. The summed E-state index contributed by atoms with van der Waals surface area (Å²) in [6, 6.07) is -0.910. The van der Waals surface area contributed by atoms with E-state index in [4.69, 9.17) is 10.2 Å². The first-order chi connectivity index (χ1) is 7.82. The number of carbonyl (C=O) groups is 3. The summed E-state index contributed by atoms with van der Waals surface area (Å²) in [7, 11) is 0. The fourth-order valence-corrected chi connectivity index (χ4v) is 2.01. The van der Waals surface area contributed by atoms with Crippen LogP contribution >= 0.6 is 0 Å². The van der Waals surface area contributed by atoms with Gasteiger partial charge < -0.3 is 15.1 Å². The Balaban J connectivity index is 2.78. The SMILES string of the molecule is CC(C)CC(C(=O)O)N1CC(C(=O)O)CC1=O. The van der Waals surface area contributed by atoms with E-state index in [2.05, 4.69) is 0 Å². The van der Waals surface area contributed by atoms with Gasteiger partial charge in [0.1, 0.15) is 6.04 Å². The maximum atomic E-state index is 11.6. The van der Waals surface area contributed by atoms with Crippen molar-refractivity contribution < 1.29 is 24.6 Å². The predicted octanol–water partition coefficient (Wildman–Crippen LogP) is 0.419. The molecule has 96 valence electrons. The monoisotopic (exact) mass is 243 g/mol. The third kappa shape index (κ3) is 3.18. The van der Waals surface area contributed by atoms with Gasteiger partial charge in [0.15, 0.2) is 0 Å². The zero-order chi connectivity index (χ0) is 13.2. The number of amides is 1. The maximum Gasteiger partial charge on any atom is 0.326 e. The van der Waals surface area contributed by atoms with Crippen LogP contribution in [-0.4, -0.2) is 45.5 Å². The van der Waals surface area contributed by atoms with Crippen molar-refractivity contribution in [2.75, 3.05) is 6.54 Å². The Hall–Kier alpha value is -1.59. The quantitative estimate of drug-likeness (QED) is 0.729. The minimum atomic E-state index is -1.07. The molecule has 0 radical (unpaired) electrons. The van der Waals surface area contributed by atoms with E-state index in [9.17, 15) is 14.4 Å². The van der Waals surface area contributed by atoms with E-state index in [-0.39, 0.29) is 24.8 Å². The summed E-state index contributed by atoms with van der Waals surface area (Å²) in [5.41, 5.74) is 0. The molecule has 0 aromatic rings. The highest BCUT2D eigenvalue weighted by Crippen LogP contribution is 2.23. The summed E-state index contributed by atoms with van der Waals surface area (Å²) in [5, 5.41) is 17.9. The second kappa shape index (κ2) is 5.16. The average Bonchev–Trinajstić information content (AvgIpc) is 2.56. The third-order valence-corrected chi connectivity index (χ3v) is 2.86. The van der Waals surface area contributed by atoms with Gasteiger partial charge in [-0.3, -0.25) is 9.59 Å². The molecule has 0 aliphatic carbocycles. The molecule has 6 heteroatoms. The summed E-state index contributed by atoms with van der Waals surface area (Å²) < 4.78 is 0. The van der Waals surface area contributed by atoms with Crippen LogP contribution in [0.1, 0.15) is 26.7 Å². The zero-order valence-electron chi connectivity index (χ0n) is 9.92. The van der Waals surface area contributed by atoms with Crippen LogP contribution in [-0.2, 0) is 14.4 Å². The molecule has 2 N–H and O–H groups in total. The first-order valence-corrected chi connectivity index (χ1v) is 5.58. The molecule has 2 atom stereocenters. The molecular weight excluding hydrogens is 226 g/mol. The van der Waals surface area contributed by atoms with Gasteiger partial charge in [0.2, 0.25) is 5.91 Å². The Morgan fingerprint density at radius 1 is 1.41 bits per heavy atom. The summed E-state index contributed by atoms with van der Waals surface area (Å²) in [4.78, 5) is 34.7. The molecular formula is C11H17NO5. The summed E-state index contributed by atoms with van der Waals surface area (Å²) in [6.45, 7) is 3.73. The van der Waals surface area contributed by atoms with Crippen molar-refractivity contribution in [3.8, 4) is 0 Å². The molecule has 0 saturated carbocycles. The van der Waals surface area contributed by atoms with E-state index in [1.54, 1.807) is 0 Å². The van der Waals surface area contributed by atoms with Gasteiger partial charge in [-0.25, -0.2) is 4.79 Å². The Kier molecular flexibility index (Phi) is 4.09. The van der Waals surface area contributed by atoms with Crippen molar-refractivity contribution in [3.63, 3.8) is 0 Å². The van der Waals surface area contributed by atoms with Crippen LogP contribution in [0, 0.1) is 11.8 Å². The number of carboxylic acid groups (broad SMARTS) is 2. The van der Waals surface area contributed by atoms with Crippen molar-refractivity contribution in [2.45, 2.75) is 32.7 Å². The first-order valence-electron chi connectivity index (χ1n) is 5.58. The van der Waals surface area contributed by atoms with E-state index < -0.39 is 23.9 Å². The Bertz CT molecular complexity index is 339. The van der Waals surface area contributed by atoms with Crippen LogP contribution in [0.4, 0.5) is 0 Å². The summed E-state index contributed by atoms with van der Waals surface area (Å²) in [6.07, 6.45) is 0.241. The molecule has 1 aliphatic heterocycles. The Labute approximate surface area is 99.2 Å².